The molecule has 1 amide bonds. The van der Waals surface area contributed by atoms with Crippen LogP contribution in [0.15, 0.2) is 24.5 Å². The minimum atomic E-state index is -0.496. The van der Waals surface area contributed by atoms with Crippen molar-refractivity contribution in [1.82, 2.24) is 30.3 Å². The molecule has 1 spiro atoms. The first-order valence-electron chi connectivity index (χ1n) is 14.3. The van der Waals surface area contributed by atoms with Crippen molar-refractivity contribution >= 4 is 24.1 Å². The maximum Gasteiger partial charge on any atom is 0.282 e. The highest BCUT2D eigenvalue weighted by Crippen LogP contribution is 2.44. The van der Waals surface area contributed by atoms with Crippen LogP contribution in [-0.4, -0.2) is 89.3 Å². The van der Waals surface area contributed by atoms with Crippen molar-refractivity contribution in [2.75, 3.05) is 51.2 Å². The van der Waals surface area contributed by atoms with E-state index in [-0.39, 0.29) is 47.0 Å². The Morgan fingerprint density at radius 2 is 1.98 bits per heavy atom. The van der Waals surface area contributed by atoms with Crippen LogP contribution in [0.2, 0.25) is 0 Å². The molecule has 2 aromatic rings. The summed E-state index contributed by atoms with van der Waals surface area (Å²) in [7, 11) is 2.01. The highest BCUT2D eigenvalue weighted by Gasteiger charge is 2.50. The number of carbonyl (C=O) groups is 1. The second kappa shape index (κ2) is 13.9. The van der Waals surface area contributed by atoms with Crippen LogP contribution in [0.3, 0.4) is 0 Å². The molecule has 2 fully saturated rings. The van der Waals surface area contributed by atoms with Crippen molar-refractivity contribution in [3.63, 3.8) is 0 Å². The molecule has 0 radical (unpaired) electrons. The van der Waals surface area contributed by atoms with Crippen molar-refractivity contribution in [2.24, 2.45) is 11.3 Å². The number of likely N-dealkylation sites (tertiary alicyclic amines) is 1. The zero-order chi connectivity index (χ0) is 28.2. The highest BCUT2D eigenvalue weighted by molar-refractivity contribution is 5.97. The summed E-state index contributed by atoms with van der Waals surface area (Å²) >= 11 is 0. The molecular formula is C29H45ClFN7O2. The van der Waals surface area contributed by atoms with E-state index in [1.54, 1.807) is 4.90 Å². The highest BCUT2D eigenvalue weighted by atomic mass is 35.5. The lowest BCUT2D eigenvalue weighted by Crippen LogP contribution is -2.62. The van der Waals surface area contributed by atoms with Crippen LogP contribution in [0.25, 0.3) is 0 Å². The van der Waals surface area contributed by atoms with Crippen LogP contribution < -0.4 is 15.0 Å². The third-order valence-electron chi connectivity index (χ3n) is 8.16. The van der Waals surface area contributed by atoms with E-state index >= 15 is 0 Å². The van der Waals surface area contributed by atoms with E-state index < -0.39 is 5.82 Å². The topological polar surface area (TPSA) is 86.7 Å². The quantitative estimate of drug-likeness (QED) is 0.365. The second-order valence-corrected chi connectivity index (χ2v) is 11.6. The third-order valence-corrected chi connectivity index (χ3v) is 8.16. The van der Waals surface area contributed by atoms with Gasteiger partial charge >= 0.3 is 0 Å². The van der Waals surface area contributed by atoms with Gasteiger partial charge in [0.05, 0.1) is 5.56 Å². The zero-order valence-corrected chi connectivity index (χ0v) is 25.5. The van der Waals surface area contributed by atoms with Gasteiger partial charge in [-0.1, -0.05) is 13.8 Å². The molecule has 4 rings (SSSR count). The first-order chi connectivity index (χ1) is 18.7. The molecule has 1 aromatic carbocycles. The van der Waals surface area contributed by atoms with Crippen molar-refractivity contribution < 1.29 is 13.9 Å². The van der Waals surface area contributed by atoms with Gasteiger partial charge in [0.25, 0.3) is 11.8 Å². The van der Waals surface area contributed by atoms with Gasteiger partial charge in [0.1, 0.15) is 17.9 Å². The number of nitrogens with one attached hydrogen (secondary N) is 1. The maximum absolute atomic E-state index is 14.2. The Morgan fingerprint density at radius 3 is 2.62 bits per heavy atom. The smallest absolute Gasteiger partial charge is 0.282 e. The summed E-state index contributed by atoms with van der Waals surface area (Å²) in [4.78, 5) is 24.3. The number of hydrogen-bond donors (Lipinski definition) is 1. The minimum Gasteiger partial charge on any atom is -0.434 e. The van der Waals surface area contributed by atoms with Gasteiger partial charge < -0.3 is 19.9 Å². The van der Waals surface area contributed by atoms with Gasteiger partial charge in [-0.15, -0.1) is 22.6 Å². The Hall–Kier alpha value is -2.56. The number of hydrogen-bond acceptors (Lipinski definition) is 8. The summed E-state index contributed by atoms with van der Waals surface area (Å²) in [6.45, 7) is 15.8. The van der Waals surface area contributed by atoms with Crippen LogP contribution in [0.4, 0.5) is 10.2 Å². The molecule has 2 saturated heterocycles. The lowest BCUT2D eigenvalue weighted by atomic mass is 9.76. The van der Waals surface area contributed by atoms with Gasteiger partial charge in [0, 0.05) is 50.2 Å². The largest absolute Gasteiger partial charge is 0.434 e. The number of amides is 1. The van der Waals surface area contributed by atoms with Crippen molar-refractivity contribution in [3.05, 3.63) is 35.9 Å². The number of aromatic nitrogens is 3. The Kier molecular flexibility index (Phi) is 11.1. The first-order valence-corrected chi connectivity index (χ1v) is 14.3. The van der Waals surface area contributed by atoms with E-state index in [1.807, 2.05) is 27.8 Å². The molecule has 0 saturated carbocycles. The monoisotopic (exact) mass is 577 g/mol. The van der Waals surface area contributed by atoms with Crippen molar-refractivity contribution in [1.29, 1.82) is 0 Å². The molecule has 0 aliphatic carbocycles. The Bertz CT molecular complexity index is 1130. The number of nitrogens with zero attached hydrogens (tertiary/aromatic N) is 6. The molecule has 1 N–H and O–H groups in total. The molecular weight excluding hydrogens is 533 g/mol. The standard InChI is InChI=1S/C29H44FN7O2.ClH/c1-7-37(21(4)5)28(38)23-15-22(30)10-11-25(23)39-27-26(32-19-33-34-27)35-14-12-29(16-35)17-36(18-29)24(20(2)3)9-8-13-31-6;/h10-11,15,19-21,24,31H,7-9,12-14,16-18H2,1-6H3;1H. The van der Waals surface area contributed by atoms with Crippen LogP contribution in [0, 0.1) is 17.2 Å². The SMILES string of the molecule is CCN(C(=O)c1cc(F)ccc1Oc1nncnc1N1CCC2(C1)CN(C(CCCNC)C(C)C)C2)C(C)C.Cl. The molecule has 1 aromatic heterocycles. The number of benzene rings is 1. The molecule has 1 atom stereocenters. The molecule has 11 heteroatoms. The molecule has 222 valence electrons. The normalized spacial score (nSPS) is 17.2. The van der Waals surface area contributed by atoms with Crippen LogP contribution in [0.1, 0.15) is 64.2 Å². The maximum atomic E-state index is 14.2. The average molecular weight is 578 g/mol. The van der Waals surface area contributed by atoms with Crippen LogP contribution in [-0.2, 0) is 0 Å². The third kappa shape index (κ3) is 7.01. The van der Waals surface area contributed by atoms with Gasteiger partial charge in [-0.05, 0) is 77.7 Å². The molecule has 0 bridgehead atoms. The Labute approximate surface area is 244 Å². The molecule has 2 aliphatic rings. The zero-order valence-electron chi connectivity index (χ0n) is 24.7. The fourth-order valence-corrected chi connectivity index (χ4v) is 6.15. The second-order valence-electron chi connectivity index (χ2n) is 11.6. The van der Waals surface area contributed by atoms with Crippen LogP contribution >= 0.6 is 12.4 Å². The van der Waals surface area contributed by atoms with Crippen molar-refractivity contribution in [2.45, 2.75) is 66.0 Å². The predicted molar refractivity (Wildman–Crippen MR) is 158 cm³/mol. The summed E-state index contributed by atoms with van der Waals surface area (Å²) in [5, 5.41) is 11.4. The van der Waals surface area contributed by atoms with E-state index in [4.69, 9.17) is 4.74 Å². The molecule has 9 nitrogen and oxygen atoms in total. The molecule has 3 heterocycles. The number of carbonyl (C=O) groups excluding carboxylic acids is 1. The van der Waals surface area contributed by atoms with Crippen LogP contribution in [0.5, 0.6) is 11.6 Å². The van der Waals surface area contributed by atoms with E-state index in [1.165, 1.54) is 37.4 Å². The summed E-state index contributed by atoms with van der Waals surface area (Å²) in [6, 6.07) is 4.55. The summed E-state index contributed by atoms with van der Waals surface area (Å²) in [5.41, 5.74) is 0.390. The van der Waals surface area contributed by atoms with Crippen molar-refractivity contribution in [3.8, 4) is 11.6 Å². The fraction of sp³-hybridized carbons (Fsp3) is 0.655. The van der Waals surface area contributed by atoms with E-state index in [0.29, 0.717) is 24.3 Å². The number of anilines is 1. The van der Waals surface area contributed by atoms with Gasteiger partial charge in [0.2, 0.25) is 0 Å². The van der Waals surface area contributed by atoms with E-state index in [2.05, 4.69) is 44.1 Å². The first kappa shape index (κ1) is 32.0. The molecule has 2 aliphatic heterocycles. The Balaban J connectivity index is 0.00000441. The average Bonchev–Trinajstić information content (AvgIpc) is 3.33. The van der Waals surface area contributed by atoms with Gasteiger partial charge in [-0.25, -0.2) is 9.37 Å². The Morgan fingerprint density at radius 1 is 1.23 bits per heavy atom. The predicted octanol–water partition coefficient (Wildman–Crippen LogP) is 4.63. The molecule has 40 heavy (non-hydrogen) atoms. The van der Waals surface area contributed by atoms with Gasteiger partial charge in [-0.2, -0.15) is 0 Å². The van der Waals surface area contributed by atoms with Gasteiger partial charge in [0.15, 0.2) is 5.82 Å². The summed E-state index contributed by atoms with van der Waals surface area (Å²) in [6.07, 6.45) is 4.89. The summed E-state index contributed by atoms with van der Waals surface area (Å²) < 4.78 is 20.4. The number of halogens is 2. The minimum absolute atomic E-state index is 0. The lowest BCUT2D eigenvalue weighted by Gasteiger charge is -2.53. The van der Waals surface area contributed by atoms with E-state index in [0.717, 1.165) is 39.1 Å². The summed E-state index contributed by atoms with van der Waals surface area (Å²) in [5.74, 6) is 0.915. The van der Waals surface area contributed by atoms with E-state index in [9.17, 15) is 9.18 Å². The number of ether oxygens (including phenoxy) is 1. The fourth-order valence-electron chi connectivity index (χ4n) is 6.15. The molecule has 1 unspecified atom stereocenters. The lowest BCUT2D eigenvalue weighted by molar-refractivity contribution is -0.0338. The van der Waals surface area contributed by atoms with Gasteiger partial charge in [-0.3, -0.25) is 9.69 Å². The number of rotatable bonds is 12.